The number of rotatable bonds is 4. The summed E-state index contributed by atoms with van der Waals surface area (Å²) in [6, 6.07) is 10.5. The molecule has 134 valence electrons. The summed E-state index contributed by atoms with van der Waals surface area (Å²) in [6.45, 7) is 5.31. The molecule has 5 nitrogen and oxygen atoms in total. The highest BCUT2D eigenvalue weighted by Gasteiger charge is 2.56. The molecule has 6 heteroatoms. The molecule has 0 radical (unpaired) electrons. The Morgan fingerprint density at radius 3 is 2.36 bits per heavy atom. The lowest BCUT2D eigenvalue weighted by Gasteiger charge is -2.58. The maximum absolute atomic E-state index is 12.8. The van der Waals surface area contributed by atoms with Crippen LogP contribution in [0.1, 0.15) is 49.9 Å². The van der Waals surface area contributed by atoms with E-state index in [0.717, 1.165) is 18.7 Å². The van der Waals surface area contributed by atoms with Crippen LogP contribution in [-0.4, -0.2) is 35.4 Å². The minimum Gasteiger partial charge on any atom is -0.336 e. The summed E-state index contributed by atoms with van der Waals surface area (Å²) in [5, 5.41) is 0.187. The van der Waals surface area contributed by atoms with E-state index < -0.39 is 10.0 Å². The highest BCUT2D eigenvalue weighted by molar-refractivity contribution is 7.89. The molecule has 25 heavy (non-hydrogen) atoms. The largest absolute Gasteiger partial charge is 0.336 e. The average molecular weight is 359 g/mol. The van der Waals surface area contributed by atoms with E-state index in [4.69, 9.17) is 0 Å². The third-order valence-corrected chi connectivity index (χ3v) is 7.33. The van der Waals surface area contributed by atoms with E-state index in [1.165, 1.54) is 5.56 Å². The molecule has 1 aromatic heterocycles. The molecule has 2 heterocycles. The molecular formula is C19H25N3O2S. The van der Waals surface area contributed by atoms with Crippen LogP contribution in [0.5, 0.6) is 0 Å². The van der Waals surface area contributed by atoms with Gasteiger partial charge >= 0.3 is 0 Å². The normalized spacial score (nSPS) is 20.6. The van der Waals surface area contributed by atoms with Crippen LogP contribution in [0.4, 0.5) is 0 Å². The van der Waals surface area contributed by atoms with Gasteiger partial charge in [0.1, 0.15) is 5.82 Å². The van der Waals surface area contributed by atoms with E-state index in [1.54, 1.807) is 10.5 Å². The predicted octanol–water partition coefficient (Wildman–Crippen LogP) is 3.11. The zero-order chi connectivity index (χ0) is 17.8. The first kappa shape index (κ1) is 16.8. The van der Waals surface area contributed by atoms with Gasteiger partial charge < -0.3 is 4.57 Å². The summed E-state index contributed by atoms with van der Waals surface area (Å²) in [5.41, 5.74) is 1.56. The summed E-state index contributed by atoms with van der Waals surface area (Å²) in [6.07, 6.45) is 3.81. The van der Waals surface area contributed by atoms with Crippen LogP contribution in [0, 0.1) is 5.41 Å². The average Bonchev–Trinajstić information content (AvgIpc) is 2.88. The molecule has 1 saturated carbocycles. The minimum atomic E-state index is -3.47. The summed E-state index contributed by atoms with van der Waals surface area (Å²) in [7, 11) is -1.61. The van der Waals surface area contributed by atoms with Crippen molar-refractivity contribution in [3.63, 3.8) is 0 Å². The van der Waals surface area contributed by atoms with Crippen LogP contribution >= 0.6 is 0 Å². The van der Waals surface area contributed by atoms with Crippen molar-refractivity contribution in [3.05, 3.63) is 47.9 Å². The van der Waals surface area contributed by atoms with Crippen molar-refractivity contribution in [3.8, 4) is 0 Å². The van der Waals surface area contributed by atoms with Gasteiger partial charge in [0.25, 0.3) is 10.0 Å². The molecular weight excluding hydrogens is 334 g/mol. The van der Waals surface area contributed by atoms with Crippen LogP contribution in [0.15, 0.2) is 41.6 Å². The van der Waals surface area contributed by atoms with Crippen molar-refractivity contribution in [2.45, 2.75) is 43.6 Å². The fourth-order valence-electron chi connectivity index (χ4n) is 4.32. The fraction of sp³-hybridized carbons (Fsp3) is 0.526. The maximum Gasteiger partial charge on any atom is 0.262 e. The Hall–Kier alpha value is -1.66. The second-order valence-corrected chi connectivity index (χ2v) is 9.88. The van der Waals surface area contributed by atoms with Gasteiger partial charge in [0.15, 0.2) is 5.03 Å². The highest BCUT2D eigenvalue weighted by Crippen LogP contribution is 2.56. The zero-order valence-corrected chi connectivity index (χ0v) is 15.8. The van der Waals surface area contributed by atoms with Gasteiger partial charge in [-0.2, -0.15) is 4.31 Å². The SMILES string of the molecule is CC(C)c1nc(S(=O)(=O)N2CC3(CC(c4ccccc4)C3)C2)cn1C. The molecule has 4 rings (SSSR count). The third-order valence-electron chi connectivity index (χ3n) is 5.66. The number of benzene rings is 1. The van der Waals surface area contributed by atoms with Gasteiger partial charge in [0, 0.05) is 32.3 Å². The summed E-state index contributed by atoms with van der Waals surface area (Å²) < 4.78 is 29.1. The van der Waals surface area contributed by atoms with E-state index in [0.29, 0.717) is 19.0 Å². The highest BCUT2D eigenvalue weighted by atomic mass is 32.2. The lowest BCUT2D eigenvalue weighted by molar-refractivity contribution is -0.0256. The van der Waals surface area contributed by atoms with Crippen molar-refractivity contribution in [2.24, 2.45) is 12.5 Å². The first-order chi connectivity index (χ1) is 11.8. The summed E-state index contributed by atoms with van der Waals surface area (Å²) in [4.78, 5) is 4.37. The lowest BCUT2D eigenvalue weighted by atomic mass is 9.57. The van der Waals surface area contributed by atoms with Gasteiger partial charge in [-0.05, 0) is 29.7 Å². The molecule has 1 saturated heterocycles. The summed E-state index contributed by atoms with van der Waals surface area (Å²) >= 11 is 0. The van der Waals surface area contributed by atoms with Gasteiger partial charge in [-0.3, -0.25) is 0 Å². The maximum atomic E-state index is 12.8. The number of hydrogen-bond acceptors (Lipinski definition) is 3. The monoisotopic (exact) mass is 359 g/mol. The molecule has 1 aromatic carbocycles. The Balaban J connectivity index is 1.43. The lowest BCUT2D eigenvalue weighted by Crippen LogP contribution is -2.63. The Bertz CT molecular complexity index is 873. The van der Waals surface area contributed by atoms with Crippen molar-refractivity contribution >= 4 is 10.0 Å². The Kier molecular flexibility index (Phi) is 3.81. The van der Waals surface area contributed by atoms with Crippen molar-refractivity contribution < 1.29 is 8.42 Å². The minimum absolute atomic E-state index is 0.184. The second-order valence-electron chi connectivity index (χ2n) is 7.99. The molecule has 1 spiro atoms. The fourth-order valence-corrected chi connectivity index (χ4v) is 5.97. The molecule has 2 fully saturated rings. The number of imidazole rings is 1. The quantitative estimate of drug-likeness (QED) is 0.843. The number of aromatic nitrogens is 2. The molecule has 1 aliphatic heterocycles. The van der Waals surface area contributed by atoms with E-state index in [2.05, 4.69) is 29.2 Å². The van der Waals surface area contributed by atoms with E-state index in [9.17, 15) is 8.42 Å². The molecule has 1 aliphatic carbocycles. The van der Waals surface area contributed by atoms with Gasteiger partial charge in [-0.25, -0.2) is 13.4 Å². The van der Waals surface area contributed by atoms with Gasteiger partial charge in [-0.1, -0.05) is 44.2 Å². The standard InChI is InChI=1S/C19H25N3O2S/c1-14(2)18-20-17(11-21(18)3)25(23,24)22-12-19(13-22)9-16(10-19)15-7-5-4-6-8-15/h4-8,11,14,16H,9-10,12-13H2,1-3H3. The van der Waals surface area contributed by atoms with Gasteiger partial charge in [0.2, 0.25) is 0 Å². The van der Waals surface area contributed by atoms with Gasteiger partial charge in [0.05, 0.1) is 0 Å². The van der Waals surface area contributed by atoms with Gasteiger partial charge in [-0.15, -0.1) is 0 Å². The van der Waals surface area contributed by atoms with E-state index in [1.807, 2.05) is 31.5 Å². The zero-order valence-electron chi connectivity index (χ0n) is 15.0. The predicted molar refractivity (Wildman–Crippen MR) is 96.9 cm³/mol. The van der Waals surface area contributed by atoms with Crippen LogP contribution in [-0.2, 0) is 17.1 Å². The van der Waals surface area contributed by atoms with Crippen molar-refractivity contribution in [1.82, 2.24) is 13.9 Å². The van der Waals surface area contributed by atoms with E-state index >= 15 is 0 Å². The molecule has 2 aliphatic rings. The topological polar surface area (TPSA) is 55.2 Å². The number of sulfonamides is 1. The summed E-state index contributed by atoms with van der Waals surface area (Å²) in [5.74, 6) is 1.59. The molecule has 0 unspecified atom stereocenters. The van der Waals surface area contributed by atoms with E-state index in [-0.39, 0.29) is 16.4 Å². The van der Waals surface area contributed by atoms with Crippen molar-refractivity contribution in [1.29, 1.82) is 0 Å². The number of nitrogens with zero attached hydrogens (tertiary/aromatic N) is 3. The molecule has 0 N–H and O–H groups in total. The first-order valence-corrected chi connectivity index (χ1v) is 10.3. The first-order valence-electron chi connectivity index (χ1n) is 8.89. The van der Waals surface area contributed by atoms with Crippen LogP contribution in [0.2, 0.25) is 0 Å². The molecule has 2 aromatic rings. The molecule has 0 atom stereocenters. The second kappa shape index (κ2) is 5.68. The Morgan fingerprint density at radius 2 is 1.80 bits per heavy atom. The Labute approximate surface area is 149 Å². The number of hydrogen-bond donors (Lipinski definition) is 0. The van der Waals surface area contributed by atoms with Crippen molar-refractivity contribution in [2.75, 3.05) is 13.1 Å². The van der Waals surface area contributed by atoms with Crippen LogP contribution in [0.3, 0.4) is 0 Å². The molecule has 0 bridgehead atoms. The Morgan fingerprint density at radius 1 is 1.16 bits per heavy atom. The van der Waals surface area contributed by atoms with Crippen LogP contribution < -0.4 is 0 Å². The third kappa shape index (κ3) is 2.72. The smallest absolute Gasteiger partial charge is 0.262 e. The number of aryl methyl sites for hydroxylation is 1. The van der Waals surface area contributed by atoms with Crippen LogP contribution in [0.25, 0.3) is 0 Å². The molecule has 0 amide bonds.